The normalized spacial score (nSPS) is 12.3. The Morgan fingerprint density at radius 1 is 1.11 bits per heavy atom. The molecule has 0 aliphatic carbocycles. The first-order chi connectivity index (χ1) is 13.5. The molecule has 0 spiro atoms. The number of benzene rings is 2. The molecular weight excluding hydrogens is 350 g/mol. The summed E-state index contributed by atoms with van der Waals surface area (Å²) in [6.45, 7) is 6.30. The van der Waals surface area contributed by atoms with Crippen LogP contribution in [0.15, 0.2) is 59.5 Å². The molecule has 0 bridgehead atoms. The van der Waals surface area contributed by atoms with Crippen LogP contribution in [-0.2, 0) is 17.8 Å². The number of hydrogen-bond donors (Lipinski definition) is 1. The summed E-state index contributed by atoms with van der Waals surface area (Å²) in [5.74, 6) is 0.0432. The molecule has 3 rings (SSSR count). The Hall–Kier alpha value is -2.95. The second-order valence-electron chi connectivity index (χ2n) is 7.45. The van der Waals surface area contributed by atoms with E-state index < -0.39 is 0 Å². The van der Waals surface area contributed by atoms with E-state index in [9.17, 15) is 9.59 Å². The van der Waals surface area contributed by atoms with Gasteiger partial charge in [0, 0.05) is 0 Å². The van der Waals surface area contributed by atoms with Crippen LogP contribution in [0.2, 0.25) is 0 Å². The number of para-hydroxylation sites is 2. The third-order valence-corrected chi connectivity index (χ3v) is 4.92. The van der Waals surface area contributed by atoms with Gasteiger partial charge in [0.25, 0.3) is 5.56 Å². The number of nitrogens with one attached hydrogen (secondary N) is 1. The molecule has 28 heavy (non-hydrogen) atoms. The third kappa shape index (κ3) is 4.47. The molecule has 0 aliphatic rings. The Morgan fingerprint density at radius 3 is 2.50 bits per heavy atom. The summed E-state index contributed by atoms with van der Waals surface area (Å²) in [7, 11) is 0. The van der Waals surface area contributed by atoms with Crippen molar-refractivity contribution in [2.75, 3.05) is 0 Å². The van der Waals surface area contributed by atoms with Gasteiger partial charge in [-0.1, -0.05) is 63.6 Å². The zero-order valence-corrected chi connectivity index (χ0v) is 16.7. The number of carbonyl (C=O) groups excluding carboxylic acids is 1. The minimum atomic E-state index is -0.279. The highest BCUT2D eigenvalue weighted by Gasteiger charge is 2.19. The van der Waals surface area contributed by atoms with Crippen molar-refractivity contribution in [2.45, 2.75) is 46.2 Å². The molecule has 5 heteroatoms. The first kappa shape index (κ1) is 19.8. The number of rotatable bonds is 7. The van der Waals surface area contributed by atoms with Crippen LogP contribution in [0.5, 0.6) is 0 Å². The molecule has 3 aromatic rings. The first-order valence-electron chi connectivity index (χ1n) is 9.82. The van der Waals surface area contributed by atoms with E-state index in [0.717, 1.165) is 18.4 Å². The number of amides is 1. The van der Waals surface area contributed by atoms with Gasteiger partial charge in [0.05, 0.1) is 23.3 Å². The van der Waals surface area contributed by atoms with Crippen molar-refractivity contribution < 1.29 is 4.79 Å². The molecular formula is C23H27N3O2. The molecule has 0 radical (unpaired) electrons. The number of hydrogen-bond acceptors (Lipinski definition) is 3. The van der Waals surface area contributed by atoms with Gasteiger partial charge in [-0.25, -0.2) is 4.98 Å². The molecule has 146 valence electrons. The van der Waals surface area contributed by atoms with E-state index in [0.29, 0.717) is 11.0 Å². The minimum absolute atomic E-state index is 0.0288. The maximum Gasteiger partial charge on any atom is 0.269 e. The van der Waals surface area contributed by atoms with Crippen molar-refractivity contribution in [3.05, 3.63) is 76.2 Å². The van der Waals surface area contributed by atoms with E-state index in [1.807, 2.05) is 24.3 Å². The molecule has 1 N–H and O–H groups in total. The van der Waals surface area contributed by atoms with Crippen molar-refractivity contribution in [2.24, 2.45) is 5.92 Å². The van der Waals surface area contributed by atoms with Crippen LogP contribution in [0.3, 0.4) is 0 Å². The smallest absolute Gasteiger partial charge is 0.269 e. The van der Waals surface area contributed by atoms with Gasteiger partial charge < -0.3 is 5.32 Å². The lowest BCUT2D eigenvalue weighted by molar-refractivity contribution is -0.122. The number of aromatic nitrogens is 2. The molecule has 1 aromatic heterocycles. The van der Waals surface area contributed by atoms with Gasteiger partial charge >= 0.3 is 0 Å². The van der Waals surface area contributed by atoms with E-state index in [1.165, 1.54) is 16.3 Å². The van der Waals surface area contributed by atoms with Crippen LogP contribution < -0.4 is 10.9 Å². The van der Waals surface area contributed by atoms with Crippen molar-refractivity contribution >= 4 is 16.9 Å². The lowest BCUT2D eigenvalue weighted by Crippen LogP contribution is -2.36. The fourth-order valence-electron chi connectivity index (χ4n) is 3.46. The highest BCUT2D eigenvalue weighted by Crippen LogP contribution is 2.22. The third-order valence-electron chi connectivity index (χ3n) is 4.92. The molecule has 2 aromatic carbocycles. The molecule has 1 unspecified atom stereocenters. The highest BCUT2D eigenvalue weighted by molar-refractivity contribution is 5.80. The monoisotopic (exact) mass is 377 g/mol. The second-order valence-corrected chi connectivity index (χ2v) is 7.45. The predicted octanol–water partition coefficient (Wildman–Crippen LogP) is 3.86. The molecule has 0 fully saturated rings. The van der Waals surface area contributed by atoms with Crippen LogP contribution >= 0.6 is 0 Å². The van der Waals surface area contributed by atoms with E-state index in [1.54, 1.807) is 0 Å². The first-order valence-corrected chi connectivity index (χ1v) is 9.82. The van der Waals surface area contributed by atoms with Gasteiger partial charge in [0.1, 0.15) is 6.54 Å². The van der Waals surface area contributed by atoms with Crippen molar-refractivity contribution in [1.29, 1.82) is 0 Å². The lowest BCUT2D eigenvalue weighted by Gasteiger charge is -2.23. The van der Waals surface area contributed by atoms with Gasteiger partial charge in [-0.2, -0.15) is 0 Å². The maximum absolute atomic E-state index is 12.8. The molecule has 0 aliphatic heterocycles. The molecule has 5 nitrogen and oxygen atoms in total. The van der Waals surface area contributed by atoms with E-state index in [-0.39, 0.29) is 30.0 Å². The van der Waals surface area contributed by atoms with Crippen molar-refractivity contribution in [3.63, 3.8) is 0 Å². The fraction of sp³-hybridized carbons (Fsp3) is 0.348. The van der Waals surface area contributed by atoms with Crippen LogP contribution in [0, 0.1) is 5.92 Å². The highest BCUT2D eigenvalue weighted by atomic mass is 16.2. The van der Waals surface area contributed by atoms with Gasteiger partial charge in [-0.3, -0.25) is 14.2 Å². The summed E-state index contributed by atoms with van der Waals surface area (Å²) in [5.41, 5.74) is 3.46. The Balaban J connectivity index is 1.80. The van der Waals surface area contributed by atoms with E-state index >= 15 is 0 Å². The number of aryl methyl sites for hydroxylation is 1. The molecule has 0 saturated carbocycles. The summed E-state index contributed by atoms with van der Waals surface area (Å²) in [6, 6.07) is 15.7. The Kier molecular flexibility index (Phi) is 6.24. The number of nitrogens with zero attached hydrogens (tertiary/aromatic N) is 2. The zero-order valence-electron chi connectivity index (χ0n) is 16.7. The van der Waals surface area contributed by atoms with Crippen molar-refractivity contribution in [3.8, 4) is 0 Å². The Labute approximate surface area is 165 Å². The quantitative estimate of drug-likeness (QED) is 0.680. The molecule has 1 heterocycles. The molecule has 0 saturated heterocycles. The predicted molar refractivity (Wildman–Crippen MR) is 112 cm³/mol. The average Bonchev–Trinajstić information content (AvgIpc) is 2.69. The summed E-state index contributed by atoms with van der Waals surface area (Å²) in [5, 5.41) is 3.11. The SMILES string of the molecule is CCCc1ccc(C(NC(=O)Cn2c(=O)cnc3ccccc32)C(C)C)cc1. The number of fused-ring (bicyclic) bond motifs is 1. The van der Waals surface area contributed by atoms with Crippen LogP contribution in [0.4, 0.5) is 0 Å². The van der Waals surface area contributed by atoms with Gasteiger partial charge in [0.2, 0.25) is 5.91 Å². The zero-order chi connectivity index (χ0) is 20.1. The van der Waals surface area contributed by atoms with E-state index in [2.05, 4.69) is 55.3 Å². The van der Waals surface area contributed by atoms with Gasteiger partial charge in [0.15, 0.2) is 0 Å². The lowest BCUT2D eigenvalue weighted by atomic mass is 9.94. The largest absolute Gasteiger partial charge is 0.347 e. The molecule has 1 atom stereocenters. The van der Waals surface area contributed by atoms with Crippen LogP contribution in [0.1, 0.15) is 44.4 Å². The standard InChI is InChI=1S/C23H27N3O2/c1-4-7-17-10-12-18(13-11-17)23(16(2)3)25-21(27)15-26-20-9-6-5-8-19(20)24-14-22(26)28/h5-6,8-14,16,23H,4,7,15H2,1-3H3,(H,25,27). The van der Waals surface area contributed by atoms with Gasteiger partial charge in [-0.05, 0) is 35.6 Å². The Morgan fingerprint density at radius 2 is 1.82 bits per heavy atom. The summed E-state index contributed by atoms with van der Waals surface area (Å²) >= 11 is 0. The summed E-state index contributed by atoms with van der Waals surface area (Å²) in [6.07, 6.45) is 3.43. The fourth-order valence-corrected chi connectivity index (χ4v) is 3.46. The van der Waals surface area contributed by atoms with Crippen molar-refractivity contribution in [1.82, 2.24) is 14.9 Å². The maximum atomic E-state index is 12.8. The topological polar surface area (TPSA) is 64.0 Å². The summed E-state index contributed by atoms with van der Waals surface area (Å²) < 4.78 is 1.47. The molecule has 1 amide bonds. The minimum Gasteiger partial charge on any atom is -0.347 e. The van der Waals surface area contributed by atoms with Crippen LogP contribution in [0.25, 0.3) is 11.0 Å². The summed E-state index contributed by atoms with van der Waals surface area (Å²) in [4.78, 5) is 29.2. The second kappa shape index (κ2) is 8.83. The van der Waals surface area contributed by atoms with Gasteiger partial charge in [-0.15, -0.1) is 0 Å². The Bertz CT molecular complexity index is 1010. The average molecular weight is 377 g/mol. The number of carbonyl (C=O) groups is 1. The van der Waals surface area contributed by atoms with E-state index in [4.69, 9.17) is 0 Å². The van der Waals surface area contributed by atoms with Crippen LogP contribution in [-0.4, -0.2) is 15.5 Å².